The summed E-state index contributed by atoms with van der Waals surface area (Å²) in [6.45, 7) is 1.28. The maximum atomic E-state index is 11.8. The number of hydrogen-bond acceptors (Lipinski definition) is 3. The number of carbonyl (C=O) groups excluding carboxylic acids is 1. The van der Waals surface area contributed by atoms with Crippen LogP contribution in [0.25, 0.3) is 0 Å². The average molecular weight is 211 g/mol. The molecule has 1 unspecified atom stereocenters. The van der Waals surface area contributed by atoms with Gasteiger partial charge in [0.25, 0.3) is 0 Å². The summed E-state index contributed by atoms with van der Waals surface area (Å²) in [6, 6.07) is 1.95. The largest absolute Gasteiger partial charge is 0.333 e. The molecule has 82 valence electrons. The number of halogens is 1. The van der Waals surface area contributed by atoms with E-state index in [0.717, 1.165) is 6.54 Å². The van der Waals surface area contributed by atoms with Crippen LogP contribution < -0.4 is 5.32 Å². The highest BCUT2D eigenvalue weighted by atomic mass is 19.1. The molecule has 1 atom stereocenters. The third-order valence-electron chi connectivity index (χ3n) is 2.31. The Hall–Kier alpha value is -1.41. The Morgan fingerprint density at radius 3 is 3.20 bits per heavy atom. The molecule has 0 aromatic carbocycles. The number of carbonyl (C=O) groups is 1. The summed E-state index contributed by atoms with van der Waals surface area (Å²) < 4.78 is 11.8. The fraction of sp³-hybridized carbons (Fsp3) is 0.600. The van der Waals surface area contributed by atoms with E-state index >= 15 is 0 Å². The van der Waals surface area contributed by atoms with Gasteiger partial charge in [-0.05, 0) is 6.08 Å². The first-order chi connectivity index (χ1) is 7.29. The fourth-order valence-electron chi connectivity index (χ4n) is 1.58. The minimum absolute atomic E-state index is 0.0967. The van der Waals surface area contributed by atoms with Gasteiger partial charge in [0, 0.05) is 25.7 Å². The summed E-state index contributed by atoms with van der Waals surface area (Å²) in [6.07, 6.45) is 2.73. The lowest BCUT2D eigenvalue weighted by Crippen LogP contribution is -2.53. The Kier molecular flexibility index (Phi) is 4.78. The number of rotatable bonds is 3. The van der Waals surface area contributed by atoms with E-state index in [9.17, 15) is 9.18 Å². The Balaban J connectivity index is 2.59. The molecular formula is C10H14FN3O. The molecule has 1 N–H and O–H groups in total. The van der Waals surface area contributed by atoms with Crippen molar-refractivity contribution in [3.05, 3.63) is 12.2 Å². The minimum atomic E-state index is -0.638. The van der Waals surface area contributed by atoms with Crippen molar-refractivity contribution >= 4 is 5.91 Å². The van der Waals surface area contributed by atoms with Gasteiger partial charge in [0.1, 0.15) is 6.67 Å². The molecule has 1 aliphatic rings. The molecule has 1 fully saturated rings. The molecule has 1 heterocycles. The van der Waals surface area contributed by atoms with Gasteiger partial charge in [0.2, 0.25) is 5.91 Å². The summed E-state index contributed by atoms with van der Waals surface area (Å²) in [7, 11) is 0. The van der Waals surface area contributed by atoms with Gasteiger partial charge in [-0.25, -0.2) is 4.39 Å². The van der Waals surface area contributed by atoms with Crippen LogP contribution in [0.1, 0.15) is 6.42 Å². The van der Waals surface area contributed by atoms with Gasteiger partial charge in [-0.2, -0.15) is 5.26 Å². The molecule has 15 heavy (non-hydrogen) atoms. The Morgan fingerprint density at radius 2 is 2.53 bits per heavy atom. The van der Waals surface area contributed by atoms with Crippen molar-refractivity contribution in [3.63, 3.8) is 0 Å². The molecule has 0 spiro atoms. The number of piperazine rings is 1. The molecule has 0 aromatic heterocycles. The van der Waals surface area contributed by atoms with Gasteiger partial charge in [-0.1, -0.05) is 0 Å². The summed E-state index contributed by atoms with van der Waals surface area (Å²) in [5, 5.41) is 11.7. The van der Waals surface area contributed by atoms with Gasteiger partial charge in [-0.3, -0.25) is 4.79 Å². The minimum Gasteiger partial charge on any atom is -0.333 e. The normalized spacial score (nSPS) is 21.6. The van der Waals surface area contributed by atoms with Crippen LogP contribution in [0.15, 0.2) is 12.2 Å². The number of alkyl halides is 1. The second kappa shape index (κ2) is 6.14. The molecule has 1 rings (SSSR count). The molecule has 0 aromatic rings. The fourth-order valence-corrected chi connectivity index (χ4v) is 1.58. The van der Waals surface area contributed by atoms with Gasteiger partial charge in [-0.15, -0.1) is 0 Å². The Bertz CT molecular complexity index is 285. The number of allylic oxidation sites excluding steroid dienone is 1. The van der Waals surface area contributed by atoms with Gasteiger partial charge in [0.15, 0.2) is 0 Å². The topological polar surface area (TPSA) is 56.1 Å². The van der Waals surface area contributed by atoms with Crippen molar-refractivity contribution in [2.24, 2.45) is 0 Å². The molecule has 1 aliphatic heterocycles. The van der Waals surface area contributed by atoms with E-state index < -0.39 is 6.67 Å². The predicted octanol–water partition coefficient (Wildman–Crippen LogP) is 0.226. The summed E-state index contributed by atoms with van der Waals surface area (Å²) in [5.41, 5.74) is 0. The molecule has 4 nitrogen and oxygen atoms in total. The molecule has 0 aliphatic carbocycles. The van der Waals surface area contributed by atoms with Crippen LogP contribution in [0.3, 0.4) is 0 Å². The van der Waals surface area contributed by atoms with Crippen LogP contribution in [0.4, 0.5) is 4.39 Å². The van der Waals surface area contributed by atoms with Crippen LogP contribution in [0.5, 0.6) is 0 Å². The first-order valence-corrected chi connectivity index (χ1v) is 4.90. The Labute approximate surface area is 88.4 Å². The highest BCUT2D eigenvalue weighted by molar-refractivity contribution is 5.88. The van der Waals surface area contributed by atoms with Crippen LogP contribution in [-0.2, 0) is 4.79 Å². The van der Waals surface area contributed by atoms with Crippen molar-refractivity contribution in [2.45, 2.75) is 12.5 Å². The molecule has 0 bridgehead atoms. The van der Waals surface area contributed by atoms with Crippen LogP contribution in [0, 0.1) is 11.3 Å². The molecule has 1 saturated heterocycles. The lowest BCUT2D eigenvalue weighted by molar-refractivity contribution is -0.128. The quantitative estimate of drug-likeness (QED) is 0.680. The zero-order chi connectivity index (χ0) is 11.1. The standard InChI is InChI=1S/C10H14FN3O/c11-4-1-2-10(15)14-7-6-13-8-9(14)3-5-12/h1-2,9,13H,3-4,6-8H2/b2-1+. The van der Waals surface area contributed by atoms with E-state index in [0.29, 0.717) is 19.5 Å². The van der Waals surface area contributed by atoms with Gasteiger partial charge in [0.05, 0.1) is 18.5 Å². The number of nitrogens with zero attached hydrogens (tertiary/aromatic N) is 2. The number of nitrogens with one attached hydrogen (secondary N) is 1. The molecule has 0 radical (unpaired) electrons. The monoisotopic (exact) mass is 211 g/mol. The number of amides is 1. The SMILES string of the molecule is N#CCC1CNCCN1C(=O)/C=C/CF. The number of hydrogen-bond donors (Lipinski definition) is 1. The van der Waals surface area contributed by atoms with E-state index in [1.807, 2.05) is 6.07 Å². The maximum absolute atomic E-state index is 11.8. The Morgan fingerprint density at radius 1 is 1.73 bits per heavy atom. The third kappa shape index (κ3) is 3.33. The lowest BCUT2D eigenvalue weighted by atomic mass is 10.1. The van der Waals surface area contributed by atoms with Gasteiger partial charge >= 0.3 is 0 Å². The molecule has 0 saturated carbocycles. The summed E-state index contributed by atoms with van der Waals surface area (Å²) >= 11 is 0. The third-order valence-corrected chi connectivity index (χ3v) is 2.31. The van der Waals surface area contributed by atoms with Gasteiger partial charge < -0.3 is 10.2 Å². The number of nitriles is 1. The summed E-state index contributed by atoms with van der Waals surface area (Å²) in [5.74, 6) is -0.214. The first kappa shape index (κ1) is 11.7. The zero-order valence-corrected chi connectivity index (χ0v) is 8.45. The summed E-state index contributed by atoms with van der Waals surface area (Å²) in [4.78, 5) is 13.2. The van der Waals surface area contributed by atoms with Crippen molar-refractivity contribution in [1.29, 1.82) is 5.26 Å². The van der Waals surface area contributed by atoms with E-state index in [1.165, 1.54) is 12.2 Å². The van der Waals surface area contributed by atoms with Crippen LogP contribution in [-0.4, -0.2) is 43.2 Å². The van der Waals surface area contributed by atoms with Crippen molar-refractivity contribution in [3.8, 4) is 6.07 Å². The lowest BCUT2D eigenvalue weighted by Gasteiger charge is -2.34. The van der Waals surface area contributed by atoms with Crippen LogP contribution in [0.2, 0.25) is 0 Å². The zero-order valence-electron chi connectivity index (χ0n) is 8.45. The van der Waals surface area contributed by atoms with E-state index in [1.54, 1.807) is 4.90 Å². The van der Waals surface area contributed by atoms with Crippen molar-refractivity contribution < 1.29 is 9.18 Å². The van der Waals surface area contributed by atoms with Crippen molar-refractivity contribution in [1.82, 2.24) is 10.2 Å². The van der Waals surface area contributed by atoms with Crippen molar-refractivity contribution in [2.75, 3.05) is 26.3 Å². The molecule has 5 heteroatoms. The van der Waals surface area contributed by atoms with E-state index in [2.05, 4.69) is 5.32 Å². The second-order valence-electron chi connectivity index (χ2n) is 3.31. The van der Waals surface area contributed by atoms with E-state index in [-0.39, 0.29) is 11.9 Å². The van der Waals surface area contributed by atoms with Crippen LogP contribution >= 0.6 is 0 Å². The van der Waals surface area contributed by atoms with E-state index in [4.69, 9.17) is 5.26 Å². The molecular weight excluding hydrogens is 197 g/mol. The predicted molar refractivity (Wildman–Crippen MR) is 53.7 cm³/mol. The smallest absolute Gasteiger partial charge is 0.246 e. The average Bonchev–Trinajstić information content (AvgIpc) is 2.27. The highest BCUT2D eigenvalue weighted by Gasteiger charge is 2.24. The molecule has 1 amide bonds. The maximum Gasteiger partial charge on any atom is 0.246 e. The highest BCUT2D eigenvalue weighted by Crippen LogP contribution is 2.07. The second-order valence-corrected chi connectivity index (χ2v) is 3.31. The first-order valence-electron chi connectivity index (χ1n) is 4.90.